The predicted octanol–water partition coefficient (Wildman–Crippen LogP) is -0.0777. The van der Waals surface area contributed by atoms with E-state index in [2.05, 4.69) is 21.5 Å². The van der Waals surface area contributed by atoms with Crippen molar-refractivity contribution in [1.29, 1.82) is 5.26 Å². The lowest BCUT2D eigenvalue weighted by Gasteiger charge is -2.09. The Morgan fingerprint density at radius 2 is 2.54 bits per heavy atom. The molecule has 13 heavy (non-hydrogen) atoms. The molecule has 1 saturated carbocycles. The van der Waals surface area contributed by atoms with Crippen molar-refractivity contribution in [3.8, 4) is 6.07 Å². The van der Waals surface area contributed by atoms with Gasteiger partial charge in [-0.3, -0.25) is 10.00 Å². The van der Waals surface area contributed by atoms with E-state index in [4.69, 9.17) is 5.26 Å². The summed E-state index contributed by atoms with van der Waals surface area (Å²) in [7, 11) is 0. The summed E-state index contributed by atoms with van der Waals surface area (Å²) in [5.74, 6) is 0. The minimum absolute atomic E-state index is 0.144. The third kappa shape index (κ3) is 2.26. The molecule has 5 heteroatoms. The zero-order valence-corrected chi connectivity index (χ0v) is 7.22. The lowest BCUT2D eigenvalue weighted by Crippen LogP contribution is -2.33. The van der Waals surface area contributed by atoms with Gasteiger partial charge in [-0.1, -0.05) is 0 Å². The summed E-state index contributed by atoms with van der Waals surface area (Å²) in [6.07, 6.45) is 5.48. The quantitative estimate of drug-likeness (QED) is 0.698. The molecular weight excluding hydrogens is 166 g/mol. The zero-order valence-electron chi connectivity index (χ0n) is 7.22. The Morgan fingerprint density at radius 3 is 3.08 bits per heavy atom. The van der Waals surface area contributed by atoms with Gasteiger partial charge in [0.25, 0.3) is 0 Å². The van der Waals surface area contributed by atoms with Crippen LogP contribution in [0.15, 0.2) is 12.7 Å². The maximum atomic E-state index is 8.83. The number of nitrogens with zero attached hydrogens (tertiary/aromatic N) is 4. The third-order valence-corrected chi connectivity index (χ3v) is 2.01. The van der Waals surface area contributed by atoms with E-state index in [0.29, 0.717) is 12.6 Å². The molecule has 0 radical (unpaired) electrons. The maximum Gasteiger partial charge on any atom is 0.137 e. The van der Waals surface area contributed by atoms with Crippen molar-refractivity contribution in [1.82, 2.24) is 20.1 Å². The smallest absolute Gasteiger partial charge is 0.137 e. The Balaban J connectivity index is 1.87. The molecular formula is C8H11N5. The van der Waals surface area contributed by atoms with Gasteiger partial charge in [0.05, 0.1) is 12.6 Å². The van der Waals surface area contributed by atoms with E-state index >= 15 is 0 Å². The van der Waals surface area contributed by atoms with Crippen molar-refractivity contribution >= 4 is 0 Å². The van der Waals surface area contributed by atoms with Gasteiger partial charge >= 0.3 is 0 Å². The molecule has 1 unspecified atom stereocenters. The molecule has 1 fully saturated rings. The Hall–Kier alpha value is -1.41. The number of nitriles is 1. The first-order chi connectivity index (χ1) is 6.38. The van der Waals surface area contributed by atoms with Crippen molar-refractivity contribution in [3.63, 3.8) is 0 Å². The van der Waals surface area contributed by atoms with Crippen LogP contribution in [-0.4, -0.2) is 26.8 Å². The van der Waals surface area contributed by atoms with Gasteiger partial charge in [-0.2, -0.15) is 10.4 Å². The number of hydrogen-bond acceptors (Lipinski definition) is 4. The zero-order chi connectivity index (χ0) is 9.10. The Bertz CT molecular complexity index is 295. The highest BCUT2D eigenvalue weighted by molar-refractivity contribution is 4.95. The van der Waals surface area contributed by atoms with Gasteiger partial charge < -0.3 is 0 Å². The van der Waals surface area contributed by atoms with Crippen LogP contribution in [0.1, 0.15) is 12.8 Å². The molecule has 0 amide bonds. The minimum atomic E-state index is -0.144. The second-order valence-corrected chi connectivity index (χ2v) is 3.24. The summed E-state index contributed by atoms with van der Waals surface area (Å²) in [5, 5.41) is 16.0. The molecule has 1 N–H and O–H groups in total. The van der Waals surface area contributed by atoms with Crippen molar-refractivity contribution < 1.29 is 0 Å². The average Bonchev–Trinajstić information content (AvgIpc) is 2.80. The molecule has 0 aromatic carbocycles. The minimum Gasteiger partial charge on any atom is -0.298 e. The van der Waals surface area contributed by atoms with E-state index in [1.54, 1.807) is 11.0 Å². The van der Waals surface area contributed by atoms with Gasteiger partial charge in [0.15, 0.2) is 0 Å². The molecule has 5 nitrogen and oxygen atoms in total. The fraction of sp³-hybridized carbons (Fsp3) is 0.625. The number of aromatic nitrogens is 3. The molecule has 1 aromatic rings. The van der Waals surface area contributed by atoms with Crippen LogP contribution in [0.25, 0.3) is 0 Å². The molecule has 68 valence electrons. The third-order valence-electron chi connectivity index (χ3n) is 2.01. The Morgan fingerprint density at radius 1 is 1.69 bits per heavy atom. The van der Waals surface area contributed by atoms with E-state index in [0.717, 1.165) is 0 Å². The van der Waals surface area contributed by atoms with Crippen molar-refractivity contribution in [2.24, 2.45) is 0 Å². The average molecular weight is 177 g/mol. The van der Waals surface area contributed by atoms with Crippen LogP contribution in [0.2, 0.25) is 0 Å². The van der Waals surface area contributed by atoms with Crippen LogP contribution in [0.3, 0.4) is 0 Å². The maximum absolute atomic E-state index is 8.83. The van der Waals surface area contributed by atoms with E-state index < -0.39 is 0 Å². The molecule has 1 aromatic heterocycles. The lowest BCUT2D eigenvalue weighted by atomic mass is 10.3. The van der Waals surface area contributed by atoms with Gasteiger partial charge in [0.1, 0.15) is 18.7 Å². The van der Waals surface area contributed by atoms with Crippen LogP contribution in [0, 0.1) is 11.3 Å². The van der Waals surface area contributed by atoms with Crippen LogP contribution in [0.5, 0.6) is 0 Å². The second-order valence-electron chi connectivity index (χ2n) is 3.24. The van der Waals surface area contributed by atoms with Crippen molar-refractivity contribution in [2.45, 2.75) is 31.5 Å². The summed E-state index contributed by atoms with van der Waals surface area (Å²) in [4.78, 5) is 3.82. The normalized spacial score (nSPS) is 18.1. The summed E-state index contributed by atoms with van der Waals surface area (Å²) < 4.78 is 1.67. The van der Waals surface area contributed by atoms with Crippen LogP contribution in [-0.2, 0) is 6.54 Å². The second kappa shape index (κ2) is 3.54. The molecule has 1 aliphatic carbocycles. The number of hydrogen-bond donors (Lipinski definition) is 1. The molecule has 0 bridgehead atoms. The first kappa shape index (κ1) is 8.20. The van der Waals surface area contributed by atoms with Crippen LogP contribution < -0.4 is 5.32 Å². The van der Waals surface area contributed by atoms with E-state index in [-0.39, 0.29) is 6.04 Å². The fourth-order valence-corrected chi connectivity index (χ4v) is 1.18. The Kier molecular flexibility index (Phi) is 2.23. The topological polar surface area (TPSA) is 66.5 Å². The largest absolute Gasteiger partial charge is 0.298 e. The molecule has 1 aliphatic rings. The summed E-state index contributed by atoms with van der Waals surface area (Å²) >= 11 is 0. The van der Waals surface area contributed by atoms with Gasteiger partial charge in [0.2, 0.25) is 0 Å². The first-order valence-corrected chi connectivity index (χ1v) is 4.36. The highest BCUT2D eigenvalue weighted by Gasteiger charge is 2.24. The summed E-state index contributed by atoms with van der Waals surface area (Å²) in [6.45, 7) is 0.576. The monoisotopic (exact) mass is 177 g/mol. The molecule has 1 heterocycles. The molecule has 0 aliphatic heterocycles. The van der Waals surface area contributed by atoms with Gasteiger partial charge in [-0.05, 0) is 12.8 Å². The van der Waals surface area contributed by atoms with Crippen molar-refractivity contribution in [2.75, 3.05) is 0 Å². The lowest BCUT2D eigenvalue weighted by molar-refractivity contribution is 0.488. The van der Waals surface area contributed by atoms with Gasteiger partial charge in [-0.15, -0.1) is 0 Å². The van der Waals surface area contributed by atoms with E-state index in [9.17, 15) is 0 Å². The first-order valence-electron chi connectivity index (χ1n) is 4.36. The van der Waals surface area contributed by atoms with E-state index in [1.807, 2.05) is 0 Å². The highest BCUT2D eigenvalue weighted by Crippen LogP contribution is 2.19. The van der Waals surface area contributed by atoms with Gasteiger partial charge in [0, 0.05) is 6.04 Å². The van der Waals surface area contributed by atoms with E-state index in [1.165, 1.54) is 19.2 Å². The molecule has 1 atom stereocenters. The van der Waals surface area contributed by atoms with Crippen LogP contribution >= 0.6 is 0 Å². The standard InChI is InChI=1S/C8H11N5/c9-3-8(12-7-1-2-7)4-13-6-10-5-11-13/h5-8,12H,1-2,4H2. The SMILES string of the molecule is N#CC(Cn1cncn1)NC1CC1. The summed E-state index contributed by atoms with van der Waals surface area (Å²) in [5.41, 5.74) is 0. The fourth-order valence-electron chi connectivity index (χ4n) is 1.18. The summed E-state index contributed by atoms with van der Waals surface area (Å²) in [6, 6.07) is 2.62. The Labute approximate surface area is 76.4 Å². The highest BCUT2D eigenvalue weighted by atomic mass is 15.3. The molecule has 0 saturated heterocycles. The van der Waals surface area contributed by atoms with Crippen LogP contribution in [0.4, 0.5) is 0 Å². The predicted molar refractivity (Wildman–Crippen MR) is 45.6 cm³/mol. The number of rotatable bonds is 4. The number of nitrogens with one attached hydrogen (secondary N) is 1. The van der Waals surface area contributed by atoms with Crippen molar-refractivity contribution in [3.05, 3.63) is 12.7 Å². The van der Waals surface area contributed by atoms with Gasteiger partial charge in [-0.25, -0.2) is 4.98 Å². The molecule has 2 rings (SSSR count). The molecule has 0 spiro atoms.